The van der Waals surface area contributed by atoms with Gasteiger partial charge >= 0.3 is 0 Å². The fraction of sp³-hybridized carbons (Fsp3) is 0.235. The number of nitrogen functional groups attached to an aromatic ring is 1. The number of methoxy groups -OCH3 is 1. The van der Waals surface area contributed by atoms with E-state index >= 15 is 0 Å². The van der Waals surface area contributed by atoms with Crippen LogP contribution in [0.2, 0.25) is 0 Å². The molecule has 0 aliphatic carbocycles. The van der Waals surface area contributed by atoms with Gasteiger partial charge in [0.25, 0.3) is 0 Å². The van der Waals surface area contributed by atoms with Crippen LogP contribution in [0.4, 0.5) is 5.69 Å². The normalized spacial score (nSPS) is 10.2. The zero-order valence-corrected chi connectivity index (χ0v) is 12.5. The maximum absolute atomic E-state index is 7.39. The molecule has 0 bridgehead atoms. The van der Waals surface area contributed by atoms with E-state index in [1.807, 2.05) is 36.4 Å². The highest BCUT2D eigenvalue weighted by Crippen LogP contribution is 2.16. The minimum Gasteiger partial charge on any atom is -0.497 e. The number of nitrogens with one attached hydrogen (secondary N) is 1. The molecule has 0 aliphatic rings. The Bertz CT molecular complexity index is 590. The molecule has 2 rings (SSSR count). The van der Waals surface area contributed by atoms with E-state index in [-0.39, 0.29) is 5.84 Å². The Labute approximate surface area is 125 Å². The highest BCUT2D eigenvalue weighted by Gasteiger charge is 2.03. The van der Waals surface area contributed by atoms with Gasteiger partial charge in [-0.1, -0.05) is 12.1 Å². The van der Waals surface area contributed by atoms with Gasteiger partial charge in [-0.3, -0.25) is 5.41 Å². The van der Waals surface area contributed by atoms with Crippen LogP contribution < -0.4 is 15.4 Å². The van der Waals surface area contributed by atoms with Crippen LogP contribution >= 0.6 is 0 Å². The lowest BCUT2D eigenvalue weighted by Gasteiger charge is -2.19. The van der Waals surface area contributed by atoms with E-state index in [0.717, 1.165) is 30.0 Å². The Morgan fingerprint density at radius 3 is 2.24 bits per heavy atom. The summed E-state index contributed by atoms with van der Waals surface area (Å²) in [7, 11) is 3.74. The molecule has 0 aromatic heterocycles. The summed E-state index contributed by atoms with van der Waals surface area (Å²) < 4.78 is 5.16. The molecule has 3 N–H and O–H groups in total. The zero-order chi connectivity index (χ0) is 15.2. The highest BCUT2D eigenvalue weighted by molar-refractivity contribution is 5.95. The Hall–Kier alpha value is -2.49. The largest absolute Gasteiger partial charge is 0.497 e. The molecule has 0 heterocycles. The van der Waals surface area contributed by atoms with Gasteiger partial charge in [0, 0.05) is 24.8 Å². The lowest BCUT2D eigenvalue weighted by molar-refractivity contribution is 0.414. The van der Waals surface area contributed by atoms with E-state index in [1.54, 1.807) is 7.11 Å². The average molecular weight is 283 g/mol. The molecule has 0 unspecified atom stereocenters. The number of hydrogen-bond donors (Lipinski definition) is 2. The number of ether oxygens (including phenoxy) is 1. The third-order valence-corrected chi connectivity index (χ3v) is 3.51. The molecular weight excluding hydrogens is 262 g/mol. The van der Waals surface area contributed by atoms with E-state index in [0.29, 0.717) is 0 Å². The minimum atomic E-state index is 0.0995. The second kappa shape index (κ2) is 6.79. The minimum absolute atomic E-state index is 0.0995. The van der Waals surface area contributed by atoms with Gasteiger partial charge < -0.3 is 15.4 Å². The number of amidine groups is 1. The Morgan fingerprint density at radius 1 is 1.10 bits per heavy atom. The number of rotatable bonds is 6. The van der Waals surface area contributed by atoms with Crippen molar-refractivity contribution in [2.45, 2.75) is 6.42 Å². The van der Waals surface area contributed by atoms with Crippen LogP contribution in [0, 0.1) is 5.41 Å². The van der Waals surface area contributed by atoms with Crippen LogP contribution in [0.3, 0.4) is 0 Å². The summed E-state index contributed by atoms with van der Waals surface area (Å²) in [5, 5.41) is 7.39. The fourth-order valence-corrected chi connectivity index (χ4v) is 2.11. The molecule has 0 saturated carbocycles. The molecule has 4 heteroatoms. The van der Waals surface area contributed by atoms with Crippen molar-refractivity contribution in [3.05, 3.63) is 59.7 Å². The Balaban J connectivity index is 1.94. The van der Waals surface area contributed by atoms with Crippen molar-refractivity contribution in [3.8, 4) is 5.75 Å². The smallest absolute Gasteiger partial charge is 0.122 e. The first-order chi connectivity index (χ1) is 10.1. The molecule has 0 fully saturated rings. The van der Waals surface area contributed by atoms with Crippen LogP contribution in [-0.2, 0) is 6.42 Å². The van der Waals surface area contributed by atoms with Crippen molar-refractivity contribution in [1.29, 1.82) is 5.41 Å². The summed E-state index contributed by atoms with van der Waals surface area (Å²) in [4.78, 5) is 2.19. The van der Waals surface area contributed by atoms with E-state index in [1.165, 1.54) is 5.56 Å². The topological polar surface area (TPSA) is 62.3 Å². The van der Waals surface area contributed by atoms with Crippen molar-refractivity contribution in [2.24, 2.45) is 5.73 Å². The van der Waals surface area contributed by atoms with Crippen molar-refractivity contribution < 1.29 is 4.74 Å². The van der Waals surface area contributed by atoms with Gasteiger partial charge in [0.2, 0.25) is 0 Å². The lowest BCUT2D eigenvalue weighted by atomic mass is 10.1. The standard InChI is InChI=1S/C17H21N3O/c1-20(15-7-5-14(6-8-15)17(18)19)12-11-13-3-9-16(21-2)10-4-13/h3-10H,11-12H2,1-2H3,(H3,18,19). The molecule has 0 aliphatic heterocycles. The third kappa shape index (κ3) is 3.99. The zero-order valence-electron chi connectivity index (χ0n) is 12.5. The summed E-state index contributed by atoms with van der Waals surface area (Å²) >= 11 is 0. The average Bonchev–Trinajstić information content (AvgIpc) is 2.53. The predicted octanol–water partition coefficient (Wildman–Crippen LogP) is 2.66. The molecule has 2 aromatic carbocycles. The van der Waals surface area contributed by atoms with Crippen molar-refractivity contribution in [2.75, 3.05) is 25.6 Å². The first-order valence-electron chi connectivity index (χ1n) is 6.88. The van der Waals surface area contributed by atoms with Crippen LogP contribution in [0.1, 0.15) is 11.1 Å². The summed E-state index contributed by atoms with van der Waals surface area (Å²) in [6.45, 7) is 0.922. The highest BCUT2D eigenvalue weighted by atomic mass is 16.5. The summed E-state index contributed by atoms with van der Waals surface area (Å²) in [6.07, 6.45) is 0.967. The van der Waals surface area contributed by atoms with Gasteiger partial charge in [-0.15, -0.1) is 0 Å². The number of nitrogens with zero attached hydrogens (tertiary/aromatic N) is 1. The lowest BCUT2D eigenvalue weighted by Crippen LogP contribution is -2.20. The molecule has 0 spiro atoms. The first-order valence-corrected chi connectivity index (χ1v) is 6.88. The van der Waals surface area contributed by atoms with Crippen molar-refractivity contribution >= 4 is 11.5 Å². The van der Waals surface area contributed by atoms with E-state index < -0.39 is 0 Å². The molecular formula is C17H21N3O. The summed E-state index contributed by atoms with van der Waals surface area (Å²) in [5.74, 6) is 0.981. The van der Waals surface area contributed by atoms with Crippen molar-refractivity contribution in [1.82, 2.24) is 0 Å². The molecule has 0 atom stereocenters. The number of anilines is 1. The summed E-state index contributed by atoms with van der Waals surface area (Å²) in [6, 6.07) is 15.9. The number of nitrogens with two attached hydrogens (primary N) is 1. The molecule has 0 saturated heterocycles. The maximum Gasteiger partial charge on any atom is 0.122 e. The maximum atomic E-state index is 7.39. The number of likely N-dealkylation sites (N-methyl/N-ethyl adjacent to an activating group) is 1. The Kier molecular flexibility index (Phi) is 4.82. The molecule has 0 amide bonds. The van der Waals surface area contributed by atoms with E-state index in [9.17, 15) is 0 Å². The van der Waals surface area contributed by atoms with E-state index in [2.05, 4.69) is 24.1 Å². The van der Waals surface area contributed by atoms with Crippen LogP contribution in [0.5, 0.6) is 5.75 Å². The fourth-order valence-electron chi connectivity index (χ4n) is 2.11. The molecule has 0 radical (unpaired) electrons. The number of hydrogen-bond acceptors (Lipinski definition) is 3. The monoisotopic (exact) mass is 283 g/mol. The van der Waals surface area contributed by atoms with Crippen LogP contribution in [-0.4, -0.2) is 26.5 Å². The molecule has 2 aromatic rings. The van der Waals surface area contributed by atoms with Crippen LogP contribution in [0.15, 0.2) is 48.5 Å². The number of benzene rings is 2. The Morgan fingerprint density at radius 2 is 1.71 bits per heavy atom. The van der Waals surface area contributed by atoms with Gasteiger partial charge in [0.1, 0.15) is 11.6 Å². The van der Waals surface area contributed by atoms with Crippen LogP contribution in [0.25, 0.3) is 0 Å². The molecule has 110 valence electrons. The van der Waals surface area contributed by atoms with Gasteiger partial charge in [0.05, 0.1) is 7.11 Å². The second-order valence-electron chi connectivity index (χ2n) is 4.98. The van der Waals surface area contributed by atoms with E-state index in [4.69, 9.17) is 15.9 Å². The van der Waals surface area contributed by atoms with Crippen molar-refractivity contribution in [3.63, 3.8) is 0 Å². The van der Waals surface area contributed by atoms with Gasteiger partial charge in [-0.2, -0.15) is 0 Å². The SMILES string of the molecule is COc1ccc(CCN(C)c2ccc(C(=N)N)cc2)cc1. The first kappa shape index (κ1) is 14.9. The third-order valence-electron chi connectivity index (χ3n) is 3.51. The van der Waals surface area contributed by atoms with Gasteiger partial charge in [-0.25, -0.2) is 0 Å². The van der Waals surface area contributed by atoms with Gasteiger partial charge in [-0.05, 0) is 48.4 Å². The predicted molar refractivity (Wildman–Crippen MR) is 87.4 cm³/mol. The molecule has 4 nitrogen and oxygen atoms in total. The summed E-state index contributed by atoms with van der Waals surface area (Å²) in [5.41, 5.74) is 8.61. The quantitative estimate of drug-likeness (QED) is 0.633. The second-order valence-corrected chi connectivity index (χ2v) is 4.98. The molecule has 21 heavy (non-hydrogen) atoms. The van der Waals surface area contributed by atoms with Gasteiger partial charge in [0.15, 0.2) is 0 Å².